The van der Waals surface area contributed by atoms with Crippen molar-refractivity contribution in [1.82, 2.24) is 0 Å². The van der Waals surface area contributed by atoms with Crippen LogP contribution in [0, 0.1) is 5.92 Å². The minimum absolute atomic E-state index is 0.392. The summed E-state index contributed by atoms with van der Waals surface area (Å²) < 4.78 is 15.1. The molecule has 0 radical (unpaired) electrons. The zero-order chi connectivity index (χ0) is 15.2. The number of hydrogen-bond donors (Lipinski definition) is 0. The van der Waals surface area contributed by atoms with Gasteiger partial charge in [-0.05, 0) is 31.6 Å². The predicted molar refractivity (Wildman–Crippen MR) is 80.2 cm³/mol. The summed E-state index contributed by atoms with van der Waals surface area (Å²) in [5, 5.41) is 0. The molecule has 6 heteroatoms. The van der Waals surface area contributed by atoms with Gasteiger partial charge in [-0.25, -0.2) is 9.59 Å². The molecule has 0 spiro atoms. The standard InChI is InChI=1S/C14H24O5Si/c1-3-13(15)17-9-5-7-12(11-19-20)8-6-10-18-14(16)4-2/h3-4,12H,1-2,5-11H2,20H3. The van der Waals surface area contributed by atoms with Crippen molar-refractivity contribution < 1.29 is 23.5 Å². The first-order valence-corrected chi connectivity index (χ1v) is 7.53. The Labute approximate surface area is 123 Å². The van der Waals surface area contributed by atoms with Gasteiger partial charge in [0.1, 0.15) is 10.5 Å². The highest BCUT2D eigenvalue weighted by molar-refractivity contribution is 5.97. The lowest BCUT2D eigenvalue weighted by molar-refractivity contribution is -0.138. The second-order valence-corrected chi connectivity index (χ2v) is 4.93. The van der Waals surface area contributed by atoms with Crippen LogP contribution in [0.15, 0.2) is 25.3 Å². The Morgan fingerprint density at radius 2 is 1.45 bits per heavy atom. The van der Waals surface area contributed by atoms with E-state index >= 15 is 0 Å². The molecule has 0 bridgehead atoms. The van der Waals surface area contributed by atoms with Gasteiger partial charge in [-0.3, -0.25) is 0 Å². The molecule has 0 rings (SSSR count). The number of ether oxygens (including phenoxy) is 2. The highest BCUT2D eigenvalue weighted by Crippen LogP contribution is 2.14. The maximum Gasteiger partial charge on any atom is 0.330 e. The molecule has 0 aliphatic rings. The van der Waals surface area contributed by atoms with Crippen molar-refractivity contribution in [3.8, 4) is 0 Å². The smallest absolute Gasteiger partial charge is 0.330 e. The van der Waals surface area contributed by atoms with E-state index in [9.17, 15) is 9.59 Å². The van der Waals surface area contributed by atoms with Gasteiger partial charge < -0.3 is 13.9 Å². The summed E-state index contributed by atoms with van der Waals surface area (Å²) in [6, 6.07) is 0. The number of rotatable bonds is 12. The van der Waals surface area contributed by atoms with E-state index in [4.69, 9.17) is 13.9 Å². The summed E-state index contributed by atoms with van der Waals surface area (Å²) in [4.78, 5) is 21.7. The topological polar surface area (TPSA) is 61.8 Å². The summed E-state index contributed by atoms with van der Waals surface area (Å²) in [6.07, 6.45) is 5.74. The molecule has 0 aliphatic heterocycles. The highest BCUT2D eigenvalue weighted by Gasteiger charge is 2.09. The predicted octanol–water partition coefficient (Wildman–Crippen LogP) is 0.918. The van der Waals surface area contributed by atoms with Gasteiger partial charge in [0, 0.05) is 18.8 Å². The van der Waals surface area contributed by atoms with E-state index in [1.54, 1.807) is 0 Å². The van der Waals surface area contributed by atoms with Crippen LogP contribution in [0.5, 0.6) is 0 Å². The molecule has 0 atom stereocenters. The summed E-state index contributed by atoms with van der Waals surface area (Å²) in [5.41, 5.74) is 0. The Kier molecular flexibility index (Phi) is 11.7. The van der Waals surface area contributed by atoms with Crippen molar-refractivity contribution in [2.24, 2.45) is 5.92 Å². The van der Waals surface area contributed by atoms with Gasteiger partial charge in [0.15, 0.2) is 0 Å². The lowest BCUT2D eigenvalue weighted by atomic mass is 9.99. The van der Waals surface area contributed by atoms with E-state index in [1.165, 1.54) is 0 Å². The van der Waals surface area contributed by atoms with Crippen LogP contribution in [-0.4, -0.2) is 42.2 Å². The van der Waals surface area contributed by atoms with E-state index < -0.39 is 11.9 Å². The highest BCUT2D eigenvalue weighted by atomic mass is 28.2. The van der Waals surface area contributed by atoms with Crippen molar-refractivity contribution in [2.45, 2.75) is 25.7 Å². The van der Waals surface area contributed by atoms with Gasteiger partial charge in [0.05, 0.1) is 13.2 Å². The van der Waals surface area contributed by atoms with Gasteiger partial charge in [-0.1, -0.05) is 13.2 Å². The van der Waals surface area contributed by atoms with E-state index in [0.717, 1.165) is 37.8 Å². The third kappa shape index (κ3) is 10.5. The molecule has 20 heavy (non-hydrogen) atoms. The van der Waals surface area contributed by atoms with Gasteiger partial charge in [-0.2, -0.15) is 0 Å². The van der Waals surface area contributed by atoms with Crippen LogP contribution in [0.25, 0.3) is 0 Å². The molecule has 114 valence electrons. The van der Waals surface area contributed by atoms with Crippen molar-refractivity contribution in [2.75, 3.05) is 19.8 Å². The zero-order valence-corrected chi connectivity index (χ0v) is 14.1. The minimum Gasteiger partial charge on any atom is -0.463 e. The SMILES string of the molecule is C=CC(=O)OCCCC(CCCOC(=O)C=C)CO[SiH3]. The van der Waals surface area contributed by atoms with Gasteiger partial charge >= 0.3 is 11.9 Å². The van der Waals surface area contributed by atoms with Gasteiger partial charge in [0.25, 0.3) is 0 Å². The van der Waals surface area contributed by atoms with Crippen molar-refractivity contribution in [3.63, 3.8) is 0 Å². The molecule has 0 aliphatic carbocycles. The van der Waals surface area contributed by atoms with Gasteiger partial charge in [0.2, 0.25) is 0 Å². The monoisotopic (exact) mass is 300 g/mol. The average molecular weight is 300 g/mol. The Morgan fingerprint density at radius 1 is 1.00 bits per heavy atom. The fourth-order valence-corrected chi connectivity index (χ4v) is 2.23. The third-order valence-corrected chi connectivity index (χ3v) is 3.07. The number of carbonyl (C=O) groups excluding carboxylic acids is 2. The number of hydrogen-bond acceptors (Lipinski definition) is 5. The van der Waals surface area contributed by atoms with Crippen molar-refractivity contribution >= 4 is 22.4 Å². The summed E-state index contributed by atoms with van der Waals surface area (Å²) in [6.45, 7) is 8.17. The molecule has 0 aromatic rings. The number of carbonyl (C=O) groups is 2. The molecule has 0 aromatic heterocycles. The molecule has 0 aromatic carbocycles. The molecule has 5 nitrogen and oxygen atoms in total. The summed E-state index contributed by atoms with van der Waals surface area (Å²) >= 11 is 0. The first-order valence-electron chi connectivity index (χ1n) is 6.71. The fraction of sp³-hybridized carbons (Fsp3) is 0.571. The Balaban J connectivity index is 3.74. The van der Waals surface area contributed by atoms with Crippen molar-refractivity contribution in [3.05, 3.63) is 25.3 Å². The largest absolute Gasteiger partial charge is 0.463 e. The minimum atomic E-state index is -0.392. The van der Waals surface area contributed by atoms with Crippen LogP contribution in [0.2, 0.25) is 0 Å². The van der Waals surface area contributed by atoms with E-state index in [2.05, 4.69) is 13.2 Å². The molecule has 0 N–H and O–H groups in total. The maximum atomic E-state index is 10.9. The fourth-order valence-electron chi connectivity index (χ4n) is 1.75. The van der Waals surface area contributed by atoms with Crippen LogP contribution in [0.4, 0.5) is 0 Å². The van der Waals surface area contributed by atoms with E-state index in [-0.39, 0.29) is 0 Å². The maximum absolute atomic E-state index is 10.9. The second kappa shape index (κ2) is 12.6. The van der Waals surface area contributed by atoms with Crippen LogP contribution >= 0.6 is 0 Å². The van der Waals surface area contributed by atoms with Crippen LogP contribution < -0.4 is 0 Å². The first-order chi connectivity index (χ1) is 9.63. The molecule has 0 fully saturated rings. The third-order valence-electron chi connectivity index (χ3n) is 2.74. The van der Waals surface area contributed by atoms with Crippen LogP contribution in [0.1, 0.15) is 25.7 Å². The van der Waals surface area contributed by atoms with Crippen molar-refractivity contribution in [1.29, 1.82) is 0 Å². The van der Waals surface area contributed by atoms with Crippen LogP contribution in [0.3, 0.4) is 0 Å². The second-order valence-electron chi connectivity index (χ2n) is 4.35. The normalized spacial score (nSPS) is 10.2. The summed E-state index contributed by atoms with van der Waals surface area (Å²) in [5.74, 6) is -0.383. The lowest BCUT2D eigenvalue weighted by Crippen LogP contribution is -2.12. The first kappa shape index (κ1) is 18.6. The Bertz CT molecular complexity index is 289. The molecule has 0 unspecified atom stereocenters. The molecule has 0 amide bonds. The summed E-state index contributed by atoms with van der Waals surface area (Å²) in [7, 11) is 0.704. The lowest BCUT2D eigenvalue weighted by Gasteiger charge is -2.16. The number of esters is 2. The van der Waals surface area contributed by atoms with E-state index in [1.807, 2.05) is 0 Å². The average Bonchev–Trinajstić information content (AvgIpc) is 2.46. The quantitative estimate of drug-likeness (QED) is 0.232. The molecular weight excluding hydrogens is 276 g/mol. The Morgan fingerprint density at radius 3 is 1.80 bits per heavy atom. The van der Waals surface area contributed by atoms with Gasteiger partial charge in [-0.15, -0.1) is 0 Å². The zero-order valence-electron chi connectivity index (χ0n) is 12.1. The Hall–Kier alpha value is -1.40. The molecule has 0 saturated carbocycles. The molecule has 0 heterocycles. The molecular formula is C14H24O5Si. The van der Waals surface area contributed by atoms with Crippen LogP contribution in [-0.2, 0) is 23.5 Å². The molecule has 0 saturated heterocycles. The van der Waals surface area contributed by atoms with E-state index in [0.29, 0.717) is 36.2 Å².